The van der Waals surface area contributed by atoms with Crippen LogP contribution in [0.4, 0.5) is 0 Å². The standard InChI is InChI=1S/C12H25N3O.2ClH/c1-5-14-6-8-15(9-7-14)12(3,4)10-13-11(2)16;;/h5-10H2,1-4H3,(H,13,16);2*1H. The molecule has 18 heavy (non-hydrogen) atoms. The Labute approximate surface area is 123 Å². The van der Waals surface area contributed by atoms with E-state index < -0.39 is 0 Å². The highest BCUT2D eigenvalue weighted by molar-refractivity contribution is 5.85. The predicted octanol–water partition coefficient (Wildman–Crippen LogP) is 1.38. The van der Waals surface area contributed by atoms with Gasteiger partial charge in [-0.05, 0) is 20.4 Å². The fourth-order valence-electron chi connectivity index (χ4n) is 2.12. The Hall–Kier alpha value is -0.0300. The van der Waals surface area contributed by atoms with Crippen molar-refractivity contribution in [2.24, 2.45) is 0 Å². The maximum Gasteiger partial charge on any atom is 0.216 e. The summed E-state index contributed by atoms with van der Waals surface area (Å²) in [6.45, 7) is 14.5. The lowest BCUT2D eigenvalue weighted by atomic mass is 10.0. The van der Waals surface area contributed by atoms with Crippen LogP contribution in [-0.2, 0) is 4.79 Å². The fraction of sp³-hybridized carbons (Fsp3) is 0.917. The van der Waals surface area contributed by atoms with E-state index in [2.05, 4.69) is 35.9 Å². The molecule has 0 aromatic rings. The zero-order valence-electron chi connectivity index (χ0n) is 11.9. The highest BCUT2D eigenvalue weighted by atomic mass is 35.5. The lowest BCUT2D eigenvalue weighted by Crippen LogP contribution is -2.58. The van der Waals surface area contributed by atoms with Gasteiger partial charge < -0.3 is 10.2 Å². The number of amides is 1. The smallest absolute Gasteiger partial charge is 0.216 e. The SMILES string of the molecule is CCN1CCN(C(C)(C)CNC(C)=O)CC1.Cl.Cl. The van der Waals surface area contributed by atoms with Gasteiger partial charge in [0.15, 0.2) is 0 Å². The molecule has 0 spiro atoms. The first-order chi connectivity index (χ1) is 7.45. The van der Waals surface area contributed by atoms with Gasteiger partial charge in [0.05, 0.1) is 0 Å². The van der Waals surface area contributed by atoms with Crippen LogP contribution >= 0.6 is 24.8 Å². The van der Waals surface area contributed by atoms with E-state index in [-0.39, 0.29) is 36.3 Å². The molecule has 1 N–H and O–H groups in total. The minimum absolute atomic E-state index is 0. The molecule has 1 rings (SSSR count). The number of carbonyl (C=O) groups is 1. The summed E-state index contributed by atoms with van der Waals surface area (Å²) < 4.78 is 0. The largest absolute Gasteiger partial charge is 0.355 e. The molecule has 0 radical (unpaired) electrons. The molecule has 110 valence electrons. The monoisotopic (exact) mass is 299 g/mol. The van der Waals surface area contributed by atoms with Gasteiger partial charge in [-0.15, -0.1) is 24.8 Å². The number of halogens is 2. The molecule has 1 amide bonds. The maximum absolute atomic E-state index is 10.9. The van der Waals surface area contributed by atoms with E-state index in [0.717, 1.165) is 39.3 Å². The molecule has 0 unspecified atom stereocenters. The number of carbonyl (C=O) groups excluding carboxylic acids is 1. The summed E-state index contributed by atoms with van der Waals surface area (Å²) >= 11 is 0. The summed E-state index contributed by atoms with van der Waals surface area (Å²) in [7, 11) is 0. The first-order valence-corrected chi connectivity index (χ1v) is 6.17. The van der Waals surface area contributed by atoms with Crippen LogP contribution in [0, 0.1) is 0 Å². The molecule has 1 aliphatic heterocycles. The van der Waals surface area contributed by atoms with Crippen LogP contribution in [0.25, 0.3) is 0 Å². The molecule has 0 aromatic carbocycles. The van der Waals surface area contributed by atoms with Crippen molar-refractivity contribution in [3.63, 3.8) is 0 Å². The predicted molar refractivity (Wildman–Crippen MR) is 80.9 cm³/mol. The van der Waals surface area contributed by atoms with Crippen LogP contribution in [0.15, 0.2) is 0 Å². The molecule has 0 aliphatic carbocycles. The summed E-state index contributed by atoms with van der Waals surface area (Å²) in [6.07, 6.45) is 0. The molecular weight excluding hydrogens is 273 g/mol. The minimum atomic E-state index is 0. The van der Waals surface area contributed by atoms with E-state index in [0.29, 0.717) is 0 Å². The Morgan fingerprint density at radius 3 is 2.06 bits per heavy atom. The Balaban J connectivity index is 0. The average molecular weight is 300 g/mol. The molecule has 0 atom stereocenters. The summed E-state index contributed by atoms with van der Waals surface area (Å²) in [6, 6.07) is 0. The molecule has 0 saturated carbocycles. The van der Waals surface area contributed by atoms with E-state index in [1.54, 1.807) is 6.92 Å². The van der Waals surface area contributed by atoms with Crippen molar-refractivity contribution < 1.29 is 4.79 Å². The van der Waals surface area contributed by atoms with Gasteiger partial charge in [0.25, 0.3) is 0 Å². The summed E-state index contributed by atoms with van der Waals surface area (Å²) in [4.78, 5) is 15.9. The third-order valence-corrected chi connectivity index (χ3v) is 3.45. The van der Waals surface area contributed by atoms with Gasteiger partial charge in [0.1, 0.15) is 0 Å². The topological polar surface area (TPSA) is 35.6 Å². The van der Waals surface area contributed by atoms with Gasteiger partial charge in [0, 0.05) is 45.2 Å². The number of hydrogen-bond acceptors (Lipinski definition) is 3. The molecule has 1 heterocycles. The van der Waals surface area contributed by atoms with E-state index in [1.807, 2.05) is 0 Å². The number of piperazine rings is 1. The van der Waals surface area contributed by atoms with Crippen LogP contribution in [0.5, 0.6) is 0 Å². The van der Waals surface area contributed by atoms with E-state index in [4.69, 9.17) is 0 Å². The zero-order chi connectivity index (χ0) is 12.2. The van der Waals surface area contributed by atoms with Crippen molar-refractivity contribution in [1.82, 2.24) is 15.1 Å². The second kappa shape index (κ2) is 8.97. The van der Waals surface area contributed by atoms with E-state index in [1.165, 1.54) is 0 Å². The van der Waals surface area contributed by atoms with Gasteiger partial charge in [0.2, 0.25) is 5.91 Å². The number of nitrogens with one attached hydrogen (secondary N) is 1. The van der Waals surface area contributed by atoms with Crippen LogP contribution in [0.1, 0.15) is 27.7 Å². The fourth-order valence-corrected chi connectivity index (χ4v) is 2.12. The Bertz CT molecular complexity index is 241. The van der Waals surface area contributed by atoms with Crippen LogP contribution in [0.3, 0.4) is 0 Å². The van der Waals surface area contributed by atoms with Gasteiger partial charge in [-0.1, -0.05) is 6.92 Å². The average Bonchev–Trinajstić information content (AvgIpc) is 2.27. The van der Waals surface area contributed by atoms with Gasteiger partial charge in [-0.3, -0.25) is 9.69 Å². The second-order valence-electron chi connectivity index (χ2n) is 5.14. The Morgan fingerprint density at radius 2 is 1.67 bits per heavy atom. The van der Waals surface area contributed by atoms with Gasteiger partial charge >= 0.3 is 0 Å². The molecule has 1 aliphatic rings. The summed E-state index contributed by atoms with van der Waals surface area (Å²) in [5.74, 6) is 0.0558. The number of likely N-dealkylation sites (N-methyl/N-ethyl adjacent to an activating group) is 1. The van der Waals surface area contributed by atoms with Gasteiger partial charge in [-0.2, -0.15) is 0 Å². The molecule has 4 nitrogen and oxygen atoms in total. The van der Waals surface area contributed by atoms with Gasteiger partial charge in [-0.25, -0.2) is 0 Å². The van der Waals surface area contributed by atoms with Crippen LogP contribution in [-0.4, -0.2) is 60.5 Å². The lowest BCUT2D eigenvalue weighted by Gasteiger charge is -2.44. The molecule has 0 bridgehead atoms. The first kappa shape index (κ1) is 20.3. The van der Waals surface area contributed by atoms with Crippen molar-refractivity contribution in [2.75, 3.05) is 39.3 Å². The second-order valence-corrected chi connectivity index (χ2v) is 5.14. The maximum atomic E-state index is 10.9. The van der Waals surface area contributed by atoms with Crippen LogP contribution in [0.2, 0.25) is 0 Å². The molecule has 0 aromatic heterocycles. The number of nitrogens with zero attached hydrogens (tertiary/aromatic N) is 2. The van der Waals surface area contributed by atoms with Crippen LogP contribution < -0.4 is 5.32 Å². The zero-order valence-corrected chi connectivity index (χ0v) is 13.5. The lowest BCUT2D eigenvalue weighted by molar-refractivity contribution is -0.119. The number of rotatable bonds is 4. The Kier molecular flexibility index (Phi) is 10.1. The van der Waals surface area contributed by atoms with Crippen molar-refractivity contribution >= 4 is 30.7 Å². The van der Waals surface area contributed by atoms with Crippen molar-refractivity contribution in [2.45, 2.75) is 33.2 Å². The first-order valence-electron chi connectivity index (χ1n) is 6.17. The molecule has 1 saturated heterocycles. The quantitative estimate of drug-likeness (QED) is 0.852. The van der Waals surface area contributed by atoms with Crippen molar-refractivity contribution in [3.8, 4) is 0 Å². The molecular formula is C12H27Cl2N3O. The molecule has 6 heteroatoms. The number of hydrogen-bond donors (Lipinski definition) is 1. The summed E-state index contributed by atoms with van der Waals surface area (Å²) in [5.41, 5.74) is 0.0610. The van der Waals surface area contributed by atoms with Crippen molar-refractivity contribution in [1.29, 1.82) is 0 Å². The highest BCUT2D eigenvalue weighted by Crippen LogP contribution is 2.15. The highest BCUT2D eigenvalue weighted by Gasteiger charge is 2.29. The summed E-state index contributed by atoms with van der Waals surface area (Å²) in [5, 5.41) is 2.91. The van der Waals surface area contributed by atoms with E-state index in [9.17, 15) is 4.79 Å². The van der Waals surface area contributed by atoms with E-state index >= 15 is 0 Å². The minimum Gasteiger partial charge on any atom is -0.355 e. The van der Waals surface area contributed by atoms with Crippen molar-refractivity contribution in [3.05, 3.63) is 0 Å². The normalized spacial score (nSPS) is 17.6. The third-order valence-electron chi connectivity index (χ3n) is 3.45. The Morgan fingerprint density at radius 1 is 1.17 bits per heavy atom. The molecule has 1 fully saturated rings. The third kappa shape index (κ3) is 6.23.